The first-order valence-corrected chi connectivity index (χ1v) is 5.04. The van der Waals surface area contributed by atoms with E-state index in [1.54, 1.807) is 6.08 Å². The van der Waals surface area contributed by atoms with Crippen LogP contribution in [0.1, 0.15) is 25.3 Å². The highest BCUT2D eigenvalue weighted by Crippen LogP contribution is 2.01. The Hall–Kier alpha value is -1.70. The van der Waals surface area contributed by atoms with Crippen molar-refractivity contribution in [1.29, 1.82) is 0 Å². The molecule has 0 saturated carbocycles. The minimum absolute atomic E-state index is 0.315. The molecule has 78 valence electrons. The fourth-order valence-electron chi connectivity index (χ4n) is 1.18. The van der Waals surface area contributed by atoms with Crippen LogP contribution in [0.4, 0.5) is 0 Å². The van der Waals surface area contributed by atoms with Crippen LogP contribution in [0.3, 0.4) is 0 Å². The molecule has 0 amide bonds. The molecule has 0 bridgehead atoms. The molecule has 2 nitrogen and oxygen atoms in total. The summed E-state index contributed by atoms with van der Waals surface area (Å²) in [5.41, 5.74) is 0.926. The summed E-state index contributed by atoms with van der Waals surface area (Å²) in [7, 11) is 0. The zero-order valence-corrected chi connectivity index (χ0v) is 8.77. The number of hydrogen-bond acceptors (Lipinski definition) is 2. The van der Waals surface area contributed by atoms with E-state index in [0.29, 0.717) is 12.8 Å². The highest BCUT2D eigenvalue weighted by atomic mass is 16.2. The molecule has 0 spiro atoms. The first-order chi connectivity index (χ1) is 7.24. The molecular formula is C13H14O2. The Bertz CT molecular complexity index is 363. The molecule has 0 aromatic heterocycles. The second-order valence-corrected chi connectivity index (χ2v) is 3.28. The fraction of sp³-hybridized carbons (Fsp3) is 0.231. The molecule has 1 aromatic rings. The molecular weight excluding hydrogens is 188 g/mol. The second-order valence-electron chi connectivity index (χ2n) is 3.28. The van der Waals surface area contributed by atoms with Gasteiger partial charge in [0.1, 0.15) is 0 Å². The third-order valence-corrected chi connectivity index (χ3v) is 1.98. The van der Waals surface area contributed by atoms with Crippen molar-refractivity contribution >= 4 is 17.6 Å². The van der Waals surface area contributed by atoms with Gasteiger partial charge in [-0.3, -0.25) is 9.59 Å². The average molecular weight is 202 g/mol. The Morgan fingerprint density at radius 3 is 2.47 bits per heavy atom. The summed E-state index contributed by atoms with van der Waals surface area (Å²) in [5.74, 6) is -0.731. The summed E-state index contributed by atoms with van der Waals surface area (Å²) in [5, 5.41) is 0. The van der Waals surface area contributed by atoms with Crippen LogP contribution in [0.2, 0.25) is 0 Å². The number of hydrogen-bond donors (Lipinski definition) is 0. The van der Waals surface area contributed by atoms with Gasteiger partial charge in [0.05, 0.1) is 0 Å². The van der Waals surface area contributed by atoms with Crippen molar-refractivity contribution < 1.29 is 9.59 Å². The Balaban J connectivity index is 2.59. The van der Waals surface area contributed by atoms with Crippen molar-refractivity contribution in [2.45, 2.75) is 19.8 Å². The average Bonchev–Trinajstić information content (AvgIpc) is 2.27. The lowest BCUT2D eigenvalue weighted by Crippen LogP contribution is -2.09. The van der Waals surface area contributed by atoms with Crippen LogP contribution in [0, 0.1) is 0 Å². The SMILES string of the molecule is CCCC(=O)C(=O)C=Cc1ccccc1. The van der Waals surface area contributed by atoms with Gasteiger partial charge in [-0.05, 0) is 18.1 Å². The van der Waals surface area contributed by atoms with Crippen molar-refractivity contribution in [1.82, 2.24) is 0 Å². The number of benzene rings is 1. The van der Waals surface area contributed by atoms with Crippen LogP contribution in [0.5, 0.6) is 0 Å². The number of carbonyl (C=O) groups is 2. The summed E-state index contributed by atoms with van der Waals surface area (Å²) in [6, 6.07) is 9.44. The highest BCUT2D eigenvalue weighted by molar-refractivity contribution is 6.42. The van der Waals surface area contributed by atoms with Crippen molar-refractivity contribution in [2.24, 2.45) is 0 Å². The van der Waals surface area contributed by atoms with Crippen molar-refractivity contribution in [3.8, 4) is 0 Å². The monoisotopic (exact) mass is 202 g/mol. The lowest BCUT2D eigenvalue weighted by atomic mass is 10.1. The van der Waals surface area contributed by atoms with Gasteiger partial charge >= 0.3 is 0 Å². The second kappa shape index (κ2) is 5.91. The minimum atomic E-state index is -0.416. The van der Waals surface area contributed by atoms with Crippen LogP contribution in [0.15, 0.2) is 36.4 Å². The minimum Gasteiger partial charge on any atom is -0.291 e. The fourth-order valence-corrected chi connectivity index (χ4v) is 1.18. The molecule has 0 fully saturated rings. The smallest absolute Gasteiger partial charge is 0.221 e. The van der Waals surface area contributed by atoms with E-state index in [0.717, 1.165) is 5.56 Å². The van der Waals surface area contributed by atoms with E-state index >= 15 is 0 Å². The standard InChI is InChI=1S/C13H14O2/c1-2-6-12(14)13(15)10-9-11-7-4-3-5-8-11/h3-5,7-10H,2,6H2,1H3. The van der Waals surface area contributed by atoms with Crippen LogP contribution >= 0.6 is 0 Å². The predicted molar refractivity (Wildman–Crippen MR) is 60.4 cm³/mol. The maximum atomic E-state index is 11.3. The van der Waals surface area contributed by atoms with E-state index in [2.05, 4.69) is 0 Å². The largest absolute Gasteiger partial charge is 0.291 e. The van der Waals surface area contributed by atoms with Crippen LogP contribution in [-0.4, -0.2) is 11.6 Å². The molecule has 0 atom stereocenters. The van der Waals surface area contributed by atoms with E-state index in [4.69, 9.17) is 0 Å². The van der Waals surface area contributed by atoms with E-state index in [1.165, 1.54) is 6.08 Å². The van der Waals surface area contributed by atoms with Gasteiger partial charge in [0.25, 0.3) is 0 Å². The normalized spacial score (nSPS) is 10.5. The molecule has 1 rings (SSSR count). The third-order valence-electron chi connectivity index (χ3n) is 1.98. The van der Waals surface area contributed by atoms with Gasteiger partial charge in [0.15, 0.2) is 0 Å². The van der Waals surface area contributed by atoms with Gasteiger partial charge in [-0.2, -0.15) is 0 Å². The molecule has 0 aliphatic carbocycles. The summed E-state index contributed by atoms with van der Waals surface area (Å²) in [6.07, 6.45) is 4.05. The van der Waals surface area contributed by atoms with Crippen LogP contribution in [0.25, 0.3) is 6.08 Å². The van der Waals surface area contributed by atoms with E-state index in [-0.39, 0.29) is 5.78 Å². The maximum absolute atomic E-state index is 11.3. The number of ketones is 2. The number of allylic oxidation sites excluding steroid dienone is 1. The van der Waals surface area contributed by atoms with Crippen molar-refractivity contribution in [2.75, 3.05) is 0 Å². The van der Waals surface area contributed by atoms with E-state index in [9.17, 15) is 9.59 Å². The van der Waals surface area contributed by atoms with Crippen LogP contribution in [-0.2, 0) is 9.59 Å². The zero-order valence-electron chi connectivity index (χ0n) is 8.77. The van der Waals surface area contributed by atoms with Crippen molar-refractivity contribution in [3.63, 3.8) is 0 Å². The highest BCUT2D eigenvalue weighted by Gasteiger charge is 2.07. The summed E-state index contributed by atoms with van der Waals surface area (Å²) < 4.78 is 0. The lowest BCUT2D eigenvalue weighted by molar-refractivity contribution is -0.133. The molecule has 0 aliphatic heterocycles. The molecule has 0 unspecified atom stereocenters. The first kappa shape index (κ1) is 11.4. The van der Waals surface area contributed by atoms with E-state index in [1.807, 2.05) is 37.3 Å². The summed E-state index contributed by atoms with van der Waals surface area (Å²) in [4.78, 5) is 22.4. The quantitative estimate of drug-likeness (QED) is 0.543. The molecule has 1 aromatic carbocycles. The summed E-state index contributed by atoms with van der Waals surface area (Å²) >= 11 is 0. The maximum Gasteiger partial charge on any atom is 0.221 e. The van der Waals surface area contributed by atoms with Gasteiger partial charge in [0, 0.05) is 6.42 Å². The Morgan fingerprint density at radius 2 is 1.87 bits per heavy atom. The van der Waals surface area contributed by atoms with Gasteiger partial charge in [-0.25, -0.2) is 0 Å². The summed E-state index contributed by atoms with van der Waals surface area (Å²) in [6.45, 7) is 1.88. The molecule has 0 radical (unpaired) electrons. The number of rotatable bonds is 5. The molecule has 0 heterocycles. The topological polar surface area (TPSA) is 34.1 Å². The zero-order chi connectivity index (χ0) is 11.1. The third kappa shape index (κ3) is 3.90. The molecule has 15 heavy (non-hydrogen) atoms. The van der Waals surface area contributed by atoms with Crippen LogP contribution < -0.4 is 0 Å². The first-order valence-electron chi connectivity index (χ1n) is 5.04. The van der Waals surface area contributed by atoms with Gasteiger partial charge in [0.2, 0.25) is 11.6 Å². The molecule has 0 aliphatic rings. The molecule has 0 saturated heterocycles. The molecule has 0 N–H and O–H groups in total. The lowest BCUT2D eigenvalue weighted by Gasteiger charge is -1.92. The van der Waals surface area contributed by atoms with Gasteiger partial charge < -0.3 is 0 Å². The molecule has 2 heteroatoms. The van der Waals surface area contributed by atoms with E-state index < -0.39 is 5.78 Å². The number of Topliss-reactive ketones (excluding diaryl/α,β-unsaturated/α-hetero) is 1. The van der Waals surface area contributed by atoms with Gasteiger partial charge in [-0.15, -0.1) is 0 Å². The number of carbonyl (C=O) groups excluding carboxylic acids is 2. The predicted octanol–water partition coefficient (Wildman–Crippen LogP) is 2.64. The Morgan fingerprint density at radius 1 is 1.20 bits per heavy atom. The van der Waals surface area contributed by atoms with Crippen molar-refractivity contribution in [3.05, 3.63) is 42.0 Å². The Labute approximate surface area is 89.6 Å². The van der Waals surface area contributed by atoms with Gasteiger partial charge in [-0.1, -0.05) is 43.3 Å². The Kier molecular flexibility index (Phi) is 4.48.